The zero-order chi connectivity index (χ0) is 18.5. The molecule has 26 heavy (non-hydrogen) atoms. The molecule has 3 heterocycles. The number of amides is 1. The third-order valence-electron chi connectivity index (χ3n) is 5.99. The normalized spacial score (nSPS) is 24.5. The SMILES string of the molecule is C=C(CC)C[C@H]1C[C@]2(C(=O)OC)c3[nH]c4ccccc4c3CCN2C1=O. The second kappa shape index (κ2) is 6.01. The van der Waals surface area contributed by atoms with Crippen molar-refractivity contribution in [3.05, 3.63) is 47.7 Å². The zero-order valence-electron chi connectivity index (χ0n) is 15.3. The fraction of sp³-hybridized carbons (Fsp3) is 0.429. The molecule has 2 aliphatic rings. The zero-order valence-corrected chi connectivity index (χ0v) is 15.3. The number of para-hydroxylation sites is 1. The maximum absolute atomic E-state index is 13.1. The molecule has 0 radical (unpaired) electrons. The van der Waals surface area contributed by atoms with Crippen LogP contribution in [0.3, 0.4) is 0 Å². The summed E-state index contributed by atoms with van der Waals surface area (Å²) in [6, 6.07) is 8.05. The molecule has 1 N–H and O–H groups in total. The molecule has 5 heteroatoms. The van der Waals surface area contributed by atoms with Gasteiger partial charge in [-0.25, -0.2) is 4.79 Å². The van der Waals surface area contributed by atoms with E-state index in [0.717, 1.165) is 40.6 Å². The van der Waals surface area contributed by atoms with Crippen LogP contribution in [0, 0.1) is 5.92 Å². The van der Waals surface area contributed by atoms with Crippen LogP contribution in [0.15, 0.2) is 36.4 Å². The quantitative estimate of drug-likeness (QED) is 0.678. The minimum absolute atomic E-state index is 0.0364. The summed E-state index contributed by atoms with van der Waals surface area (Å²) in [7, 11) is 1.40. The van der Waals surface area contributed by atoms with Gasteiger partial charge in [-0.3, -0.25) is 4.79 Å². The first-order chi connectivity index (χ1) is 12.5. The van der Waals surface area contributed by atoms with Crippen molar-refractivity contribution < 1.29 is 14.3 Å². The molecule has 2 aliphatic heterocycles. The number of carbonyl (C=O) groups excluding carboxylic acids is 2. The predicted octanol–water partition coefficient (Wildman–Crippen LogP) is 3.30. The molecular weight excluding hydrogens is 328 g/mol. The summed E-state index contributed by atoms with van der Waals surface area (Å²) >= 11 is 0. The maximum atomic E-state index is 13.1. The molecule has 1 saturated heterocycles. The van der Waals surface area contributed by atoms with E-state index in [-0.39, 0.29) is 17.8 Å². The van der Waals surface area contributed by atoms with Gasteiger partial charge in [-0.05, 0) is 37.3 Å². The van der Waals surface area contributed by atoms with Gasteiger partial charge in [0.1, 0.15) is 0 Å². The lowest BCUT2D eigenvalue weighted by Gasteiger charge is -2.39. The maximum Gasteiger partial charge on any atom is 0.338 e. The van der Waals surface area contributed by atoms with E-state index in [1.54, 1.807) is 4.90 Å². The third kappa shape index (κ3) is 2.16. The lowest BCUT2D eigenvalue weighted by molar-refractivity contribution is -0.159. The Labute approximate surface area is 153 Å². The van der Waals surface area contributed by atoms with Gasteiger partial charge in [0.15, 0.2) is 5.54 Å². The number of aromatic nitrogens is 1. The number of nitrogens with one attached hydrogen (secondary N) is 1. The van der Waals surface area contributed by atoms with Crippen molar-refractivity contribution in [2.75, 3.05) is 13.7 Å². The van der Waals surface area contributed by atoms with E-state index in [2.05, 4.69) is 17.6 Å². The second-order valence-corrected chi connectivity index (χ2v) is 7.32. The number of esters is 1. The number of hydrogen-bond acceptors (Lipinski definition) is 3. The van der Waals surface area contributed by atoms with Gasteiger partial charge >= 0.3 is 5.97 Å². The Balaban J connectivity index is 1.88. The lowest BCUT2D eigenvalue weighted by Crippen LogP contribution is -2.53. The molecular formula is C21H24N2O3. The van der Waals surface area contributed by atoms with Gasteiger partial charge in [-0.15, -0.1) is 0 Å². The number of H-pyrrole nitrogens is 1. The van der Waals surface area contributed by atoms with Gasteiger partial charge < -0.3 is 14.6 Å². The van der Waals surface area contributed by atoms with Crippen molar-refractivity contribution in [1.29, 1.82) is 0 Å². The topological polar surface area (TPSA) is 62.4 Å². The molecule has 1 aromatic carbocycles. The van der Waals surface area contributed by atoms with Gasteiger partial charge in [0.2, 0.25) is 5.91 Å². The van der Waals surface area contributed by atoms with Crippen molar-refractivity contribution in [2.24, 2.45) is 5.92 Å². The lowest BCUT2D eigenvalue weighted by atomic mass is 9.82. The van der Waals surface area contributed by atoms with E-state index < -0.39 is 5.54 Å². The fourth-order valence-electron chi connectivity index (χ4n) is 4.65. The van der Waals surface area contributed by atoms with Crippen LogP contribution in [-0.4, -0.2) is 35.4 Å². The molecule has 0 saturated carbocycles. The Morgan fingerprint density at radius 1 is 1.42 bits per heavy atom. The highest BCUT2D eigenvalue weighted by molar-refractivity contribution is 5.97. The van der Waals surface area contributed by atoms with Crippen LogP contribution in [0.2, 0.25) is 0 Å². The highest BCUT2D eigenvalue weighted by Crippen LogP contribution is 2.49. The van der Waals surface area contributed by atoms with E-state index >= 15 is 0 Å². The summed E-state index contributed by atoms with van der Waals surface area (Å²) in [5.41, 5.74) is 2.95. The molecule has 0 spiro atoms. The van der Waals surface area contributed by atoms with Crippen LogP contribution >= 0.6 is 0 Å². The number of nitrogens with zero attached hydrogens (tertiary/aromatic N) is 1. The minimum Gasteiger partial charge on any atom is -0.467 e. The van der Waals surface area contributed by atoms with E-state index in [9.17, 15) is 9.59 Å². The van der Waals surface area contributed by atoms with Gasteiger partial charge in [-0.1, -0.05) is 37.3 Å². The number of ether oxygens (including phenoxy) is 1. The second-order valence-electron chi connectivity index (χ2n) is 7.32. The first-order valence-electron chi connectivity index (χ1n) is 9.19. The van der Waals surface area contributed by atoms with Crippen LogP contribution in [0.25, 0.3) is 10.9 Å². The average Bonchev–Trinajstić information content (AvgIpc) is 3.18. The standard InChI is InChI=1S/C21H24N2O3/c1-4-13(2)11-14-12-21(20(25)26-3)18-16(9-10-23(21)19(14)24)15-7-5-6-8-17(15)22-18/h5-8,14,22H,2,4,9-12H2,1,3H3/t14-,21+/m0/s1. The Bertz CT molecular complexity index is 913. The fourth-order valence-corrected chi connectivity index (χ4v) is 4.65. The Kier molecular flexibility index (Phi) is 3.90. The molecule has 0 unspecified atom stereocenters. The van der Waals surface area contributed by atoms with Crippen molar-refractivity contribution in [2.45, 2.75) is 38.1 Å². The van der Waals surface area contributed by atoms with Crippen LogP contribution in [0.1, 0.15) is 37.4 Å². The van der Waals surface area contributed by atoms with E-state index in [1.165, 1.54) is 7.11 Å². The molecule has 4 rings (SSSR count). The number of hydrogen-bond donors (Lipinski definition) is 1. The highest BCUT2D eigenvalue weighted by Gasteiger charge is 2.60. The average molecular weight is 352 g/mol. The third-order valence-corrected chi connectivity index (χ3v) is 5.99. The first-order valence-corrected chi connectivity index (χ1v) is 9.19. The number of rotatable bonds is 4. The summed E-state index contributed by atoms with van der Waals surface area (Å²) in [5, 5.41) is 1.12. The van der Waals surface area contributed by atoms with Crippen LogP contribution in [-0.2, 0) is 26.3 Å². The largest absolute Gasteiger partial charge is 0.467 e. The predicted molar refractivity (Wildman–Crippen MR) is 99.6 cm³/mol. The van der Waals surface area contributed by atoms with Gasteiger partial charge in [-0.2, -0.15) is 0 Å². The first kappa shape index (κ1) is 16.9. The molecule has 136 valence electrons. The summed E-state index contributed by atoms with van der Waals surface area (Å²) in [5.74, 6) is -0.545. The summed E-state index contributed by atoms with van der Waals surface area (Å²) in [6.45, 7) is 6.64. The molecule has 1 aromatic heterocycles. The Hall–Kier alpha value is -2.56. The monoisotopic (exact) mass is 352 g/mol. The van der Waals surface area contributed by atoms with Crippen molar-refractivity contribution in [1.82, 2.24) is 9.88 Å². The number of allylic oxidation sites excluding steroid dienone is 1. The van der Waals surface area contributed by atoms with Crippen molar-refractivity contribution in [3.8, 4) is 0 Å². The van der Waals surface area contributed by atoms with Crippen molar-refractivity contribution in [3.63, 3.8) is 0 Å². The molecule has 1 amide bonds. The highest BCUT2D eigenvalue weighted by atomic mass is 16.5. The Morgan fingerprint density at radius 2 is 2.19 bits per heavy atom. The summed E-state index contributed by atoms with van der Waals surface area (Å²) in [6.07, 6.45) is 2.65. The van der Waals surface area contributed by atoms with Gasteiger partial charge in [0.05, 0.1) is 12.8 Å². The van der Waals surface area contributed by atoms with Crippen LogP contribution in [0.5, 0.6) is 0 Å². The smallest absolute Gasteiger partial charge is 0.338 e. The number of benzene rings is 1. The van der Waals surface area contributed by atoms with E-state index in [0.29, 0.717) is 19.4 Å². The number of methoxy groups -OCH3 is 1. The van der Waals surface area contributed by atoms with Gasteiger partial charge in [0.25, 0.3) is 0 Å². The minimum atomic E-state index is -1.04. The van der Waals surface area contributed by atoms with Crippen molar-refractivity contribution >= 4 is 22.8 Å². The molecule has 2 atom stereocenters. The number of aromatic amines is 1. The summed E-state index contributed by atoms with van der Waals surface area (Å²) in [4.78, 5) is 31.3. The Morgan fingerprint density at radius 3 is 2.92 bits per heavy atom. The molecule has 5 nitrogen and oxygen atoms in total. The molecule has 0 bridgehead atoms. The molecule has 0 aliphatic carbocycles. The number of fused-ring (bicyclic) bond motifs is 5. The van der Waals surface area contributed by atoms with Gasteiger partial charge in [0, 0.05) is 23.4 Å². The van der Waals surface area contributed by atoms with Crippen LogP contribution in [0.4, 0.5) is 0 Å². The molecule has 1 fully saturated rings. The van der Waals surface area contributed by atoms with E-state index in [4.69, 9.17) is 4.74 Å². The molecule has 2 aromatic rings. The van der Waals surface area contributed by atoms with Crippen LogP contribution < -0.4 is 0 Å². The van der Waals surface area contributed by atoms with E-state index in [1.807, 2.05) is 25.1 Å². The summed E-state index contributed by atoms with van der Waals surface area (Å²) < 4.78 is 5.20. The number of carbonyl (C=O) groups is 2.